The van der Waals surface area contributed by atoms with E-state index in [9.17, 15) is 9.59 Å². The average Bonchev–Trinajstić information content (AvgIpc) is 2.46. The topological polar surface area (TPSA) is 52.6 Å². The van der Waals surface area contributed by atoms with Gasteiger partial charge in [0, 0.05) is 8.95 Å². The van der Waals surface area contributed by atoms with Crippen molar-refractivity contribution < 1.29 is 19.1 Å². The van der Waals surface area contributed by atoms with Gasteiger partial charge in [-0.25, -0.2) is 9.59 Å². The Morgan fingerprint density at radius 1 is 1.00 bits per heavy atom. The molecule has 0 aliphatic heterocycles. The van der Waals surface area contributed by atoms with Crippen LogP contribution in [0.15, 0.2) is 21.1 Å². The first-order valence-electron chi connectivity index (χ1n) is 7.49. The minimum absolute atomic E-state index is 0.149. The van der Waals surface area contributed by atoms with Crippen molar-refractivity contribution in [1.82, 2.24) is 0 Å². The number of esters is 2. The lowest BCUT2D eigenvalue weighted by atomic mass is 9.98. The van der Waals surface area contributed by atoms with Gasteiger partial charge in [-0.1, -0.05) is 34.1 Å². The van der Waals surface area contributed by atoms with E-state index in [0.717, 1.165) is 12.8 Å². The first-order chi connectivity index (χ1) is 10.7. The van der Waals surface area contributed by atoms with Crippen LogP contribution in [0.5, 0.6) is 0 Å². The molecule has 128 valence electrons. The van der Waals surface area contributed by atoms with Crippen LogP contribution in [0, 0.1) is 5.41 Å². The SMILES string of the molecule is CCCCOC(=O)c1cc(Br)c(Br)cc1C(=O)OCC(C)(C)C. The fourth-order valence-electron chi connectivity index (χ4n) is 1.63. The van der Waals surface area contributed by atoms with E-state index < -0.39 is 11.9 Å². The Kier molecular flexibility index (Phi) is 7.74. The molecule has 0 saturated carbocycles. The molecule has 0 heterocycles. The third-order valence-corrected chi connectivity index (χ3v) is 4.71. The molecular formula is C17H22Br2O4. The van der Waals surface area contributed by atoms with E-state index in [4.69, 9.17) is 9.47 Å². The molecule has 0 saturated heterocycles. The molecule has 0 N–H and O–H groups in total. The van der Waals surface area contributed by atoms with Gasteiger partial charge < -0.3 is 9.47 Å². The normalized spacial score (nSPS) is 11.2. The summed E-state index contributed by atoms with van der Waals surface area (Å²) in [5.41, 5.74) is 0.255. The van der Waals surface area contributed by atoms with Gasteiger partial charge in [0.2, 0.25) is 0 Å². The molecule has 0 fully saturated rings. The lowest BCUT2D eigenvalue weighted by Crippen LogP contribution is -2.20. The molecule has 0 spiro atoms. The second kappa shape index (κ2) is 8.83. The number of carbonyl (C=O) groups excluding carboxylic acids is 2. The number of ether oxygens (including phenoxy) is 2. The molecule has 1 rings (SSSR count). The van der Waals surface area contributed by atoms with Crippen LogP contribution < -0.4 is 0 Å². The molecule has 0 aromatic heterocycles. The predicted molar refractivity (Wildman–Crippen MR) is 96.8 cm³/mol. The smallest absolute Gasteiger partial charge is 0.339 e. The van der Waals surface area contributed by atoms with Gasteiger partial charge in [-0.05, 0) is 55.8 Å². The highest BCUT2D eigenvalue weighted by Crippen LogP contribution is 2.28. The van der Waals surface area contributed by atoms with Crippen LogP contribution in [-0.2, 0) is 9.47 Å². The molecular weight excluding hydrogens is 428 g/mol. The minimum atomic E-state index is -0.532. The van der Waals surface area contributed by atoms with E-state index in [-0.39, 0.29) is 23.1 Å². The first-order valence-corrected chi connectivity index (χ1v) is 9.07. The van der Waals surface area contributed by atoms with E-state index in [1.807, 2.05) is 27.7 Å². The highest BCUT2D eigenvalue weighted by molar-refractivity contribution is 9.13. The minimum Gasteiger partial charge on any atom is -0.462 e. The quantitative estimate of drug-likeness (QED) is 0.432. The summed E-state index contributed by atoms with van der Waals surface area (Å²) >= 11 is 6.69. The maximum absolute atomic E-state index is 12.3. The third kappa shape index (κ3) is 6.63. The van der Waals surface area contributed by atoms with Crippen LogP contribution in [0.25, 0.3) is 0 Å². The summed E-state index contributed by atoms with van der Waals surface area (Å²) in [6, 6.07) is 3.15. The summed E-state index contributed by atoms with van der Waals surface area (Å²) in [7, 11) is 0. The van der Waals surface area contributed by atoms with E-state index in [1.54, 1.807) is 12.1 Å². The van der Waals surface area contributed by atoms with Crippen LogP contribution in [0.3, 0.4) is 0 Å². The molecule has 1 aromatic carbocycles. The van der Waals surface area contributed by atoms with Crippen molar-refractivity contribution in [3.63, 3.8) is 0 Å². The Morgan fingerprint density at radius 3 is 1.91 bits per heavy atom. The van der Waals surface area contributed by atoms with Gasteiger partial charge in [0.15, 0.2) is 0 Å². The number of benzene rings is 1. The number of halogens is 2. The van der Waals surface area contributed by atoms with Crippen molar-refractivity contribution in [3.05, 3.63) is 32.2 Å². The lowest BCUT2D eigenvalue weighted by molar-refractivity contribution is 0.0352. The van der Waals surface area contributed by atoms with Crippen LogP contribution in [0.4, 0.5) is 0 Å². The average molecular weight is 450 g/mol. The predicted octanol–water partition coefficient (Wildman–Crippen LogP) is 5.37. The fourth-order valence-corrected chi connectivity index (χ4v) is 2.32. The van der Waals surface area contributed by atoms with Gasteiger partial charge in [-0.3, -0.25) is 0 Å². The molecule has 23 heavy (non-hydrogen) atoms. The Hall–Kier alpha value is -0.880. The first kappa shape index (κ1) is 20.2. The summed E-state index contributed by atoms with van der Waals surface area (Å²) in [6.45, 7) is 8.52. The zero-order chi connectivity index (χ0) is 17.6. The van der Waals surface area contributed by atoms with Crippen molar-refractivity contribution in [1.29, 1.82) is 0 Å². The second-order valence-corrected chi connectivity index (χ2v) is 8.15. The standard InChI is InChI=1S/C17H22Br2O4/c1-5-6-7-22-15(20)11-8-13(18)14(19)9-12(11)16(21)23-10-17(2,3)4/h8-9H,5-7,10H2,1-4H3. The van der Waals surface area contributed by atoms with E-state index in [1.165, 1.54) is 0 Å². The monoisotopic (exact) mass is 448 g/mol. The van der Waals surface area contributed by atoms with Gasteiger partial charge >= 0.3 is 11.9 Å². The molecule has 0 aliphatic rings. The Morgan fingerprint density at radius 2 is 1.48 bits per heavy atom. The molecule has 0 amide bonds. The number of rotatable bonds is 6. The van der Waals surface area contributed by atoms with Crippen LogP contribution in [-0.4, -0.2) is 25.2 Å². The highest BCUT2D eigenvalue weighted by atomic mass is 79.9. The molecule has 0 bridgehead atoms. The van der Waals surface area contributed by atoms with Gasteiger partial charge in [0.05, 0.1) is 24.3 Å². The molecule has 1 aromatic rings. The van der Waals surface area contributed by atoms with Crippen LogP contribution in [0.1, 0.15) is 61.3 Å². The molecule has 6 heteroatoms. The van der Waals surface area contributed by atoms with Crippen molar-refractivity contribution in [3.8, 4) is 0 Å². The molecule has 0 unspecified atom stereocenters. The highest BCUT2D eigenvalue weighted by Gasteiger charge is 2.23. The van der Waals surface area contributed by atoms with Crippen LogP contribution >= 0.6 is 31.9 Å². The summed E-state index contributed by atoms with van der Waals surface area (Å²) in [4.78, 5) is 24.6. The van der Waals surface area contributed by atoms with Gasteiger partial charge in [0.25, 0.3) is 0 Å². The zero-order valence-electron chi connectivity index (χ0n) is 13.9. The zero-order valence-corrected chi connectivity index (χ0v) is 17.0. The Bertz CT molecular complexity index is 577. The van der Waals surface area contributed by atoms with Gasteiger partial charge in [-0.15, -0.1) is 0 Å². The van der Waals surface area contributed by atoms with Crippen molar-refractivity contribution in [2.24, 2.45) is 5.41 Å². The van der Waals surface area contributed by atoms with Crippen molar-refractivity contribution in [2.45, 2.75) is 40.5 Å². The van der Waals surface area contributed by atoms with Crippen molar-refractivity contribution in [2.75, 3.05) is 13.2 Å². The van der Waals surface area contributed by atoms with Gasteiger partial charge in [-0.2, -0.15) is 0 Å². The van der Waals surface area contributed by atoms with Gasteiger partial charge in [0.1, 0.15) is 0 Å². The van der Waals surface area contributed by atoms with Crippen LogP contribution in [0.2, 0.25) is 0 Å². The molecule has 0 atom stereocenters. The second-order valence-electron chi connectivity index (χ2n) is 6.44. The number of hydrogen-bond acceptors (Lipinski definition) is 4. The van der Waals surface area contributed by atoms with E-state index in [0.29, 0.717) is 15.6 Å². The Balaban J connectivity index is 3.02. The number of carbonyl (C=O) groups is 2. The summed E-state index contributed by atoms with van der Waals surface area (Å²) < 4.78 is 11.9. The largest absolute Gasteiger partial charge is 0.462 e. The summed E-state index contributed by atoms with van der Waals surface area (Å²) in [5.74, 6) is -1.05. The summed E-state index contributed by atoms with van der Waals surface area (Å²) in [5, 5.41) is 0. The third-order valence-electron chi connectivity index (χ3n) is 2.87. The fraction of sp³-hybridized carbons (Fsp3) is 0.529. The molecule has 4 nitrogen and oxygen atoms in total. The maximum atomic E-state index is 12.3. The van der Waals surface area contributed by atoms with E-state index >= 15 is 0 Å². The summed E-state index contributed by atoms with van der Waals surface area (Å²) in [6.07, 6.45) is 1.71. The number of unbranched alkanes of at least 4 members (excludes halogenated alkanes) is 1. The van der Waals surface area contributed by atoms with E-state index in [2.05, 4.69) is 31.9 Å². The maximum Gasteiger partial charge on any atom is 0.339 e. The van der Waals surface area contributed by atoms with Crippen molar-refractivity contribution >= 4 is 43.8 Å². The number of hydrogen-bond donors (Lipinski definition) is 0. The molecule has 0 aliphatic carbocycles. The lowest BCUT2D eigenvalue weighted by Gasteiger charge is -2.18. The Labute approximate surface area is 154 Å². The molecule has 0 radical (unpaired) electrons.